The lowest BCUT2D eigenvalue weighted by atomic mass is 10.2. The van der Waals surface area contributed by atoms with Crippen LogP contribution in [0.1, 0.15) is 48.3 Å². The monoisotopic (exact) mass is 568 g/mol. The van der Waals surface area contributed by atoms with E-state index in [9.17, 15) is 14.4 Å². The molecule has 0 spiro atoms. The van der Waals surface area contributed by atoms with Gasteiger partial charge < -0.3 is 23.7 Å². The molecular weight excluding hydrogens is 528 g/mol. The molecule has 11 nitrogen and oxygen atoms in total. The van der Waals surface area contributed by atoms with Crippen LogP contribution in [-0.2, 0) is 36.9 Å². The summed E-state index contributed by atoms with van der Waals surface area (Å²) in [6, 6.07) is 9.03. The number of terminal acetylenes is 1. The molecule has 0 radical (unpaired) electrons. The number of aldehydes is 1. The molecule has 0 fully saturated rings. The third-order valence-corrected chi connectivity index (χ3v) is 5.49. The standard InChI is InChI=1S/C30H40N4O7/c1-7-15-40-26-18-25(32-27(19-26)29(37)38-6)21-34(20-24-10-8-9-23(2)31-24)13-17-39-16-12-33(11-14-35)22-28(36)41-30(3,4)5/h1,8-10,14,18-19H,11-13,15-17,20-22H2,2-6H3. The predicted octanol–water partition coefficient (Wildman–Crippen LogP) is 2.45. The summed E-state index contributed by atoms with van der Waals surface area (Å²) < 4.78 is 21.6. The van der Waals surface area contributed by atoms with E-state index in [4.69, 9.17) is 25.4 Å². The zero-order valence-electron chi connectivity index (χ0n) is 24.6. The topological polar surface area (TPSA) is 120 Å². The second-order valence-corrected chi connectivity index (χ2v) is 10.2. The Kier molecular flexibility index (Phi) is 13.9. The van der Waals surface area contributed by atoms with Crippen LogP contribution in [0, 0.1) is 19.3 Å². The summed E-state index contributed by atoms with van der Waals surface area (Å²) in [5.41, 5.74) is 1.86. The maximum atomic E-state index is 12.2. The molecule has 0 aliphatic carbocycles. The van der Waals surface area contributed by atoms with E-state index >= 15 is 0 Å². The number of methoxy groups -OCH3 is 1. The molecule has 2 aromatic heterocycles. The molecule has 0 aliphatic rings. The molecule has 0 bridgehead atoms. The number of aryl methyl sites for hydroxylation is 1. The van der Waals surface area contributed by atoms with Crippen molar-refractivity contribution in [2.45, 2.75) is 46.4 Å². The van der Waals surface area contributed by atoms with Gasteiger partial charge in [-0.3, -0.25) is 19.6 Å². The van der Waals surface area contributed by atoms with Gasteiger partial charge in [-0.15, -0.1) is 6.42 Å². The van der Waals surface area contributed by atoms with Crippen molar-refractivity contribution in [2.75, 3.05) is 53.1 Å². The number of carbonyl (C=O) groups excluding carboxylic acids is 3. The van der Waals surface area contributed by atoms with Gasteiger partial charge in [-0.2, -0.15) is 0 Å². The van der Waals surface area contributed by atoms with E-state index in [2.05, 4.69) is 20.8 Å². The second kappa shape index (κ2) is 17.1. The first-order valence-electron chi connectivity index (χ1n) is 13.3. The Morgan fingerprint density at radius 2 is 1.76 bits per heavy atom. The number of hydrogen-bond donors (Lipinski definition) is 0. The molecule has 41 heavy (non-hydrogen) atoms. The van der Waals surface area contributed by atoms with Crippen molar-refractivity contribution < 1.29 is 33.3 Å². The van der Waals surface area contributed by atoms with Gasteiger partial charge in [0.2, 0.25) is 0 Å². The first-order valence-corrected chi connectivity index (χ1v) is 13.3. The van der Waals surface area contributed by atoms with E-state index in [-0.39, 0.29) is 25.4 Å². The molecule has 0 saturated carbocycles. The van der Waals surface area contributed by atoms with E-state index in [1.807, 2.05) is 25.1 Å². The number of pyridine rings is 2. The number of hydrogen-bond acceptors (Lipinski definition) is 11. The molecule has 2 rings (SSSR count). The summed E-state index contributed by atoms with van der Waals surface area (Å²) in [6.07, 6.45) is 6.07. The summed E-state index contributed by atoms with van der Waals surface area (Å²) in [5.74, 6) is 1.84. The quantitative estimate of drug-likeness (QED) is 0.121. The highest BCUT2D eigenvalue weighted by Gasteiger charge is 2.19. The molecule has 222 valence electrons. The molecule has 0 unspecified atom stereocenters. The maximum Gasteiger partial charge on any atom is 0.356 e. The van der Waals surface area contributed by atoms with E-state index in [1.165, 1.54) is 13.2 Å². The van der Waals surface area contributed by atoms with Crippen LogP contribution in [0.4, 0.5) is 0 Å². The summed E-state index contributed by atoms with van der Waals surface area (Å²) in [7, 11) is 1.29. The largest absolute Gasteiger partial charge is 0.481 e. The third-order valence-electron chi connectivity index (χ3n) is 5.49. The highest BCUT2D eigenvalue weighted by Crippen LogP contribution is 2.18. The Morgan fingerprint density at radius 1 is 1.05 bits per heavy atom. The lowest BCUT2D eigenvalue weighted by Crippen LogP contribution is -2.38. The fourth-order valence-electron chi connectivity index (χ4n) is 3.80. The third kappa shape index (κ3) is 13.4. The van der Waals surface area contributed by atoms with Crippen LogP contribution in [0.2, 0.25) is 0 Å². The SMILES string of the molecule is C#CCOc1cc(CN(CCOCCN(CC=O)CC(=O)OC(C)(C)C)Cc2cccc(C)n2)nc(C(=O)OC)c1. The van der Waals surface area contributed by atoms with Crippen LogP contribution >= 0.6 is 0 Å². The molecule has 2 aromatic rings. The van der Waals surface area contributed by atoms with Crippen molar-refractivity contribution in [1.29, 1.82) is 0 Å². The van der Waals surface area contributed by atoms with E-state index in [1.54, 1.807) is 31.7 Å². The van der Waals surface area contributed by atoms with Crippen LogP contribution in [0.15, 0.2) is 30.3 Å². The molecule has 11 heteroatoms. The normalized spacial score (nSPS) is 11.3. The molecule has 0 amide bonds. The highest BCUT2D eigenvalue weighted by molar-refractivity contribution is 5.87. The molecule has 0 N–H and O–H groups in total. The lowest BCUT2D eigenvalue weighted by Gasteiger charge is -2.24. The van der Waals surface area contributed by atoms with Crippen molar-refractivity contribution in [1.82, 2.24) is 19.8 Å². The average molecular weight is 569 g/mol. The van der Waals surface area contributed by atoms with Crippen LogP contribution < -0.4 is 4.74 Å². The molecule has 0 atom stereocenters. The predicted molar refractivity (Wildman–Crippen MR) is 152 cm³/mol. The Balaban J connectivity index is 2.07. The fourth-order valence-corrected chi connectivity index (χ4v) is 3.80. The van der Waals surface area contributed by atoms with E-state index in [0.717, 1.165) is 17.7 Å². The van der Waals surface area contributed by atoms with Crippen LogP contribution in [-0.4, -0.2) is 96.7 Å². The number of esters is 2. The van der Waals surface area contributed by atoms with Crippen LogP contribution in [0.3, 0.4) is 0 Å². The summed E-state index contributed by atoms with van der Waals surface area (Å²) in [4.78, 5) is 48.3. The molecule has 0 aliphatic heterocycles. The van der Waals surface area contributed by atoms with E-state index in [0.29, 0.717) is 50.8 Å². The minimum Gasteiger partial charge on any atom is -0.481 e. The Morgan fingerprint density at radius 3 is 2.39 bits per heavy atom. The van der Waals surface area contributed by atoms with Crippen LogP contribution in [0.25, 0.3) is 0 Å². The van der Waals surface area contributed by atoms with Crippen molar-refractivity contribution in [3.63, 3.8) is 0 Å². The number of carbonyl (C=O) groups is 3. The van der Waals surface area contributed by atoms with Gasteiger partial charge in [0.25, 0.3) is 0 Å². The second-order valence-electron chi connectivity index (χ2n) is 10.2. The Bertz CT molecular complexity index is 1190. The average Bonchev–Trinajstić information content (AvgIpc) is 2.90. The smallest absolute Gasteiger partial charge is 0.356 e. The van der Waals surface area contributed by atoms with Crippen molar-refractivity contribution in [2.24, 2.45) is 0 Å². The van der Waals surface area contributed by atoms with Gasteiger partial charge in [-0.05, 0) is 39.8 Å². The summed E-state index contributed by atoms with van der Waals surface area (Å²) >= 11 is 0. The van der Waals surface area contributed by atoms with Gasteiger partial charge in [0.1, 0.15) is 24.2 Å². The van der Waals surface area contributed by atoms with Gasteiger partial charge in [0.05, 0.1) is 44.8 Å². The van der Waals surface area contributed by atoms with E-state index < -0.39 is 17.5 Å². The fraction of sp³-hybridized carbons (Fsp3) is 0.500. The summed E-state index contributed by atoms with van der Waals surface area (Å²) in [6.45, 7) is 9.90. The number of nitrogens with zero attached hydrogens (tertiary/aromatic N) is 4. The minimum absolute atomic E-state index is 0.00317. The van der Waals surface area contributed by atoms with Gasteiger partial charge in [-0.1, -0.05) is 12.0 Å². The van der Waals surface area contributed by atoms with Crippen molar-refractivity contribution >= 4 is 18.2 Å². The maximum absolute atomic E-state index is 12.2. The number of ether oxygens (including phenoxy) is 4. The van der Waals surface area contributed by atoms with Gasteiger partial charge in [-0.25, -0.2) is 9.78 Å². The zero-order chi connectivity index (χ0) is 30.3. The highest BCUT2D eigenvalue weighted by atomic mass is 16.6. The summed E-state index contributed by atoms with van der Waals surface area (Å²) in [5, 5.41) is 0. The molecule has 2 heterocycles. The Hall–Kier alpha value is -3.85. The lowest BCUT2D eigenvalue weighted by molar-refractivity contribution is -0.156. The molecule has 0 aromatic carbocycles. The number of rotatable bonds is 17. The van der Waals surface area contributed by atoms with Gasteiger partial charge >= 0.3 is 11.9 Å². The zero-order valence-corrected chi connectivity index (χ0v) is 24.6. The van der Waals surface area contributed by atoms with Gasteiger partial charge in [0.15, 0.2) is 5.69 Å². The Labute approximate surface area is 242 Å². The van der Waals surface area contributed by atoms with Gasteiger partial charge in [0, 0.05) is 44.0 Å². The first-order chi connectivity index (χ1) is 19.5. The van der Waals surface area contributed by atoms with Crippen molar-refractivity contribution in [3.8, 4) is 18.1 Å². The molecular formula is C30H40N4O7. The van der Waals surface area contributed by atoms with Crippen molar-refractivity contribution in [3.05, 3.63) is 53.1 Å². The minimum atomic E-state index is -0.602. The molecule has 0 saturated heterocycles. The van der Waals surface area contributed by atoms with Crippen LogP contribution in [0.5, 0.6) is 5.75 Å². The first kappa shape index (κ1) is 33.4. The number of aromatic nitrogens is 2.